The quantitative estimate of drug-likeness (QED) is 0.351. The highest BCUT2D eigenvalue weighted by molar-refractivity contribution is 5.99. The SMILES string of the molecule is COc1ccc(CN2CCC(CNC(=O)c3ccc(C(=O)N4CCC(C(=O)c5ccc(OC)cc5)CC4)nc3)CC2)cc1. The summed E-state index contributed by atoms with van der Waals surface area (Å²) in [6, 6.07) is 18.6. The van der Waals surface area contributed by atoms with Crippen molar-refractivity contribution in [1.82, 2.24) is 20.1 Å². The Balaban J connectivity index is 1.03. The number of ketones is 1. The summed E-state index contributed by atoms with van der Waals surface area (Å²) in [4.78, 5) is 47.2. The Labute approximate surface area is 253 Å². The number of hydrogen-bond donors (Lipinski definition) is 1. The Morgan fingerprint density at radius 3 is 1.98 bits per heavy atom. The maximum Gasteiger partial charge on any atom is 0.272 e. The third-order valence-electron chi connectivity index (χ3n) is 8.60. The van der Waals surface area contributed by atoms with Crippen LogP contribution in [-0.2, 0) is 6.54 Å². The number of aromatic nitrogens is 1. The van der Waals surface area contributed by atoms with Crippen molar-refractivity contribution in [3.05, 3.63) is 89.2 Å². The van der Waals surface area contributed by atoms with Gasteiger partial charge in [-0.05, 0) is 98.8 Å². The molecule has 1 N–H and O–H groups in total. The lowest BCUT2D eigenvalue weighted by Gasteiger charge is -2.32. The first-order valence-corrected chi connectivity index (χ1v) is 15.0. The smallest absolute Gasteiger partial charge is 0.272 e. The van der Waals surface area contributed by atoms with E-state index in [-0.39, 0.29) is 23.5 Å². The molecule has 9 nitrogen and oxygen atoms in total. The number of hydrogen-bond acceptors (Lipinski definition) is 7. The van der Waals surface area contributed by atoms with Crippen LogP contribution in [0.2, 0.25) is 0 Å². The molecule has 9 heteroatoms. The molecule has 2 aliphatic heterocycles. The number of likely N-dealkylation sites (tertiary alicyclic amines) is 2. The lowest BCUT2D eigenvalue weighted by Crippen LogP contribution is -2.40. The molecule has 0 unspecified atom stereocenters. The first-order chi connectivity index (χ1) is 20.9. The predicted molar refractivity (Wildman–Crippen MR) is 164 cm³/mol. The second-order valence-electron chi connectivity index (χ2n) is 11.4. The van der Waals surface area contributed by atoms with Crippen molar-refractivity contribution in [3.8, 4) is 11.5 Å². The summed E-state index contributed by atoms with van der Waals surface area (Å²) in [7, 11) is 3.27. The molecule has 2 aromatic carbocycles. The molecule has 0 bridgehead atoms. The average Bonchev–Trinajstić information content (AvgIpc) is 3.07. The van der Waals surface area contributed by atoms with Crippen LogP contribution in [0.4, 0.5) is 0 Å². The molecule has 0 atom stereocenters. The standard InChI is InChI=1S/C34H40N4O5/c1-42-29-8-3-25(4-9-29)23-37-17-13-24(14-18-37)21-36-33(40)28-7-12-31(35-22-28)34(41)38-19-15-27(16-20-38)32(39)26-5-10-30(43-2)11-6-26/h3-12,22,24,27H,13-21,23H2,1-2H3,(H,36,40). The number of methoxy groups -OCH3 is 2. The first kappa shape index (κ1) is 30.2. The number of piperidine rings is 2. The van der Waals surface area contributed by atoms with E-state index in [2.05, 4.69) is 27.3 Å². The van der Waals surface area contributed by atoms with E-state index in [4.69, 9.17) is 9.47 Å². The van der Waals surface area contributed by atoms with E-state index in [0.717, 1.165) is 38.2 Å². The minimum absolute atomic E-state index is 0.0994. The number of benzene rings is 2. The monoisotopic (exact) mass is 584 g/mol. The van der Waals surface area contributed by atoms with Gasteiger partial charge in [-0.25, -0.2) is 0 Å². The molecular weight excluding hydrogens is 544 g/mol. The third-order valence-corrected chi connectivity index (χ3v) is 8.60. The van der Waals surface area contributed by atoms with Gasteiger partial charge in [-0.2, -0.15) is 0 Å². The molecule has 1 aromatic heterocycles. The van der Waals surface area contributed by atoms with Crippen LogP contribution in [0.5, 0.6) is 11.5 Å². The van der Waals surface area contributed by atoms with E-state index in [9.17, 15) is 14.4 Å². The normalized spacial score (nSPS) is 16.5. The van der Waals surface area contributed by atoms with Gasteiger partial charge in [0.15, 0.2) is 5.78 Å². The van der Waals surface area contributed by atoms with Crippen molar-refractivity contribution in [2.45, 2.75) is 32.2 Å². The van der Waals surface area contributed by atoms with Gasteiger partial charge in [-0.1, -0.05) is 12.1 Å². The van der Waals surface area contributed by atoms with Gasteiger partial charge in [-0.3, -0.25) is 24.3 Å². The maximum atomic E-state index is 13.1. The van der Waals surface area contributed by atoms with Crippen LogP contribution >= 0.6 is 0 Å². The molecule has 43 heavy (non-hydrogen) atoms. The van der Waals surface area contributed by atoms with E-state index in [1.54, 1.807) is 55.5 Å². The van der Waals surface area contributed by atoms with Crippen molar-refractivity contribution in [1.29, 1.82) is 0 Å². The summed E-state index contributed by atoms with van der Waals surface area (Å²) in [5.41, 5.74) is 2.68. The van der Waals surface area contributed by atoms with Crippen LogP contribution in [0.25, 0.3) is 0 Å². The zero-order valence-corrected chi connectivity index (χ0v) is 25.0. The predicted octanol–water partition coefficient (Wildman–Crippen LogP) is 4.48. The topological polar surface area (TPSA) is 101 Å². The fourth-order valence-corrected chi connectivity index (χ4v) is 5.83. The average molecular weight is 585 g/mol. The summed E-state index contributed by atoms with van der Waals surface area (Å²) < 4.78 is 10.4. The van der Waals surface area contributed by atoms with Gasteiger partial charge in [0.05, 0.1) is 19.8 Å². The van der Waals surface area contributed by atoms with E-state index < -0.39 is 0 Å². The van der Waals surface area contributed by atoms with Gasteiger partial charge >= 0.3 is 0 Å². The molecule has 2 amide bonds. The zero-order chi connectivity index (χ0) is 30.2. The van der Waals surface area contributed by atoms with Crippen molar-refractivity contribution in [3.63, 3.8) is 0 Å². The summed E-state index contributed by atoms with van der Waals surface area (Å²) in [6.07, 6.45) is 4.75. The number of rotatable bonds is 10. The lowest BCUT2D eigenvalue weighted by atomic mass is 9.88. The van der Waals surface area contributed by atoms with Gasteiger partial charge in [0.2, 0.25) is 0 Å². The number of nitrogens with zero attached hydrogens (tertiary/aromatic N) is 3. The molecule has 0 spiro atoms. The van der Waals surface area contributed by atoms with Gasteiger partial charge in [0.25, 0.3) is 11.8 Å². The lowest BCUT2D eigenvalue weighted by molar-refractivity contribution is 0.0645. The molecule has 226 valence electrons. The van der Waals surface area contributed by atoms with Gasteiger partial charge in [-0.15, -0.1) is 0 Å². The van der Waals surface area contributed by atoms with Gasteiger partial charge in [0, 0.05) is 43.9 Å². The Hall–Kier alpha value is -4.24. The number of carbonyl (C=O) groups excluding carboxylic acids is 3. The number of carbonyl (C=O) groups is 3. The molecule has 0 saturated carbocycles. The van der Waals surface area contributed by atoms with E-state index in [1.165, 1.54) is 11.8 Å². The summed E-state index contributed by atoms with van der Waals surface area (Å²) in [5, 5.41) is 3.05. The molecule has 2 saturated heterocycles. The molecule has 3 heterocycles. The fourth-order valence-electron chi connectivity index (χ4n) is 5.83. The van der Waals surface area contributed by atoms with E-state index in [1.807, 2.05) is 12.1 Å². The molecule has 0 radical (unpaired) electrons. The maximum absolute atomic E-state index is 13.1. The Morgan fingerprint density at radius 2 is 1.40 bits per heavy atom. The van der Waals surface area contributed by atoms with Crippen LogP contribution in [0, 0.1) is 11.8 Å². The zero-order valence-electron chi connectivity index (χ0n) is 25.0. The van der Waals surface area contributed by atoms with Crippen LogP contribution in [0.15, 0.2) is 66.9 Å². The van der Waals surface area contributed by atoms with Crippen molar-refractivity contribution >= 4 is 17.6 Å². The van der Waals surface area contributed by atoms with Crippen molar-refractivity contribution < 1.29 is 23.9 Å². The number of pyridine rings is 1. The minimum Gasteiger partial charge on any atom is -0.497 e. The second kappa shape index (κ2) is 14.3. The highest BCUT2D eigenvalue weighted by Crippen LogP contribution is 2.24. The Bertz CT molecular complexity index is 1380. The van der Waals surface area contributed by atoms with Gasteiger partial charge in [0.1, 0.15) is 17.2 Å². The minimum atomic E-state index is -0.177. The highest BCUT2D eigenvalue weighted by Gasteiger charge is 2.29. The Kier molecular flexibility index (Phi) is 10.0. The van der Waals surface area contributed by atoms with Crippen molar-refractivity contribution in [2.24, 2.45) is 11.8 Å². The van der Waals surface area contributed by atoms with Gasteiger partial charge < -0.3 is 19.7 Å². The molecule has 2 aliphatic rings. The highest BCUT2D eigenvalue weighted by atomic mass is 16.5. The summed E-state index contributed by atoms with van der Waals surface area (Å²) in [5.74, 6) is 1.65. The summed E-state index contributed by atoms with van der Waals surface area (Å²) >= 11 is 0. The van der Waals surface area contributed by atoms with Crippen LogP contribution in [0.3, 0.4) is 0 Å². The van der Waals surface area contributed by atoms with E-state index >= 15 is 0 Å². The molecule has 5 rings (SSSR count). The number of nitrogens with one attached hydrogen (secondary N) is 1. The number of ether oxygens (including phenoxy) is 2. The fraction of sp³-hybridized carbons (Fsp3) is 0.412. The largest absolute Gasteiger partial charge is 0.497 e. The summed E-state index contributed by atoms with van der Waals surface area (Å²) in [6.45, 7) is 4.53. The molecule has 3 aromatic rings. The van der Waals surface area contributed by atoms with Crippen molar-refractivity contribution in [2.75, 3.05) is 46.9 Å². The third kappa shape index (κ3) is 7.78. The van der Waals surface area contributed by atoms with Crippen LogP contribution < -0.4 is 14.8 Å². The molecule has 2 fully saturated rings. The van der Waals surface area contributed by atoms with E-state index in [0.29, 0.717) is 61.0 Å². The molecular formula is C34H40N4O5. The van der Waals surface area contributed by atoms with Crippen LogP contribution in [0.1, 0.15) is 62.5 Å². The molecule has 0 aliphatic carbocycles. The Morgan fingerprint density at radius 1 is 0.791 bits per heavy atom. The van der Waals surface area contributed by atoms with Crippen LogP contribution in [-0.4, -0.2) is 79.3 Å². The number of Topliss-reactive ketones (excluding diaryl/α,β-unsaturated/α-hetero) is 1. The first-order valence-electron chi connectivity index (χ1n) is 15.0. The number of amides is 2. The second-order valence-corrected chi connectivity index (χ2v) is 11.4.